The van der Waals surface area contributed by atoms with Gasteiger partial charge >= 0.3 is 0 Å². The normalized spacial score (nSPS) is 14.1. The van der Waals surface area contributed by atoms with Crippen molar-refractivity contribution in [3.8, 4) is 10.4 Å². The van der Waals surface area contributed by atoms with Gasteiger partial charge in [0.2, 0.25) is 0 Å². The molecular formula is C26H20S. The zero-order valence-corrected chi connectivity index (χ0v) is 16.0. The fraction of sp³-hybridized carbons (Fsp3) is 0.154. The Morgan fingerprint density at radius 1 is 0.630 bits per heavy atom. The van der Waals surface area contributed by atoms with Gasteiger partial charge in [-0.2, -0.15) is 0 Å². The number of fused-ring (bicyclic) bond motifs is 6. The van der Waals surface area contributed by atoms with Crippen molar-refractivity contribution in [3.63, 3.8) is 0 Å². The molecule has 1 aliphatic rings. The Morgan fingerprint density at radius 3 is 2.44 bits per heavy atom. The van der Waals surface area contributed by atoms with Crippen LogP contribution in [0.3, 0.4) is 0 Å². The van der Waals surface area contributed by atoms with Crippen molar-refractivity contribution in [1.29, 1.82) is 0 Å². The first-order valence-corrected chi connectivity index (χ1v) is 10.6. The third-order valence-corrected chi connectivity index (χ3v) is 7.22. The predicted octanol–water partition coefficient (Wildman–Crippen LogP) is 7.75. The van der Waals surface area contributed by atoms with Crippen LogP contribution in [0.4, 0.5) is 0 Å². The highest BCUT2D eigenvalue weighted by atomic mass is 32.1. The van der Waals surface area contributed by atoms with E-state index < -0.39 is 0 Å². The van der Waals surface area contributed by atoms with E-state index in [2.05, 4.69) is 72.8 Å². The van der Waals surface area contributed by atoms with Gasteiger partial charge in [0, 0.05) is 9.58 Å². The number of aryl methyl sites for hydroxylation is 2. The smallest absolute Gasteiger partial charge is 0.0355 e. The second kappa shape index (κ2) is 5.94. The molecule has 4 aromatic carbocycles. The molecule has 0 atom stereocenters. The third-order valence-electron chi connectivity index (χ3n) is 6.06. The van der Waals surface area contributed by atoms with Crippen LogP contribution in [0, 0.1) is 0 Å². The molecule has 0 saturated carbocycles. The lowest BCUT2D eigenvalue weighted by Crippen LogP contribution is -2.03. The molecule has 0 saturated heterocycles. The molecule has 0 unspecified atom stereocenters. The first kappa shape index (κ1) is 15.4. The molecule has 0 fully saturated rings. The second-order valence-corrected chi connectivity index (χ2v) is 8.74. The van der Waals surface area contributed by atoms with E-state index in [1.807, 2.05) is 11.3 Å². The molecule has 1 heterocycles. The fourth-order valence-electron chi connectivity index (χ4n) is 4.68. The minimum Gasteiger partial charge on any atom is -0.135 e. The second-order valence-electron chi connectivity index (χ2n) is 7.66. The van der Waals surface area contributed by atoms with Crippen molar-refractivity contribution in [3.05, 3.63) is 83.9 Å². The Bertz CT molecular complexity index is 1290. The van der Waals surface area contributed by atoms with E-state index in [1.54, 1.807) is 11.1 Å². The summed E-state index contributed by atoms with van der Waals surface area (Å²) in [5.41, 5.74) is 4.48. The number of benzene rings is 4. The van der Waals surface area contributed by atoms with E-state index in [4.69, 9.17) is 0 Å². The summed E-state index contributed by atoms with van der Waals surface area (Å²) in [4.78, 5) is 1.35. The summed E-state index contributed by atoms with van der Waals surface area (Å²) in [6.07, 6.45) is 5.14. The molecule has 0 bridgehead atoms. The minimum absolute atomic E-state index is 1.23. The SMILES string of the molecule is c1ccc2sc(-c3ccc4c(ccc5c6c(ccc54)CCCC6)c3)cc2c1. The van der Waals surface area contributed by atoms with Crippen LogP contribution in [0.1, 0.15) is 24.0 Å². The minimum atomic E-state index is 1.23. The van der Waals surface area contributed by atoms with Gasteiger partial charge in [-0.3, -0.25) is 0 Å². The van der Waals surface area contributed by atoms with Crippen molar-refractivity contribution >= 4 is 43.0 Å². The Labute approximate surface area is 163 Å². The zero-order chi connectivity index (χ0) is 17.8. The van der Waals surface area contributed by atoms with Crippen molar-refractivity contribution in [2.24, 2.45) is 0 Å². The van der Waals surface area contributed by atoms with Crippen LogP contribution >= 0.6 is 11.3 Å². The molecule has 1 heteroatoms. The Balaban J connectivity index is 1.55. The maximum atomic E-state index is 2.37. The molecule has 0 amide bonds. The molecule has 27 heavy (non-hydrogen) atoms. The van der Waals surface area contributed by atoms with Crippen molar-refractivity contribution < 1.29 is 0 Å². The average molecular weight is 365 g/mol. The van der Waals surface area contributed by atoms with Crippen LogP contribution < -0.4 is 0 Å². The number of thiophene rings is 1. The molecule has 6 rings (SSSR count). The van der Waals surface area contributed by atoms with E-state index in [1.165, 1.54) is 67.8 Å². The van der Waals surface area contributed by atoms with Crippen LogP contribution in [0.2, 0.25) is 0 Å². The maximum Gasteiger partial charge on any atom is 0.0355 e. The Morgan fingerprint density at radius 2 is 1.48 bits per heavy atom. The summed E-state index contributed by atoms with van der Waals surface area (Å²) >= 11 is 1.88. The van der Waals surface area contributed by atoms with Gasteiger partial charge in [-0.25, -0.2) is 0 Å². The van der Waals surface area contributed by atoms with Crippen molar-refractivity contribution in [2.75, 3.05) is 0 Å². The number of hydrogen-bond donors (Lipinski definition) is 0. The summed E-state index contributed by atoms with van der Waals surface area (Å²) < 4.78 is 1.36. The summed E-state index contributed by atoms with van der Waals surface area (Å²) in [6.45, 7) is 0. The van der Waals surface area contributed by atoms with Gasteiger partial charge in [0.15, 0.2) is 0 Å². The monoisotopic (exact) mass is 364 g/mol. The van der Waals surface area contributed by atoms with Gasteiger partial charge in [0.1, 0.15) is 0 Å². The van der Waals surface area contributed by atoms with Crippen LogP contribution in [0.5, 0.6) is 0 Å². The molecule has 0 nitrogen and oxygen atoms in total. The van der Waals surface area contributed by atoms with Crippen LogP contribution in [0.15, 0.2) is 72.8 Å². The first-order chi connectivity index (χ1) is 13.4. The summed E-state index contributed by atoms with van der Waals surface area (Å²) in [5.74, 6) is 0. The predicted molar refractivity (Wildman–Crippen MR) is 119 cm³/mol. The summed E-state index contributed by atoms with van der Waals surface area (Å²) in [5, 5.41) is 6.94. The lowest BCUT2D eigenvalue weighted by Gasteiger charge is -2.18. The van der Waals surface area contributed by atoms with Gasteiger partial charge < -0.3 is 0 Å². The van der Waals surface area contributed by atoms with Crippen molar-refractivity contribution in [1.82, 2.24) is 0 Å². The van der Waals surface area contributed by atoms with Gasteiger partial charge in [-0.1, -0.05) is 54.6 Å². The Hall–Kier alpha value is -2.64. The molecule has 1 aliphatic carbocycles. The molecule has 5 aromatic rings. The molecular weight excluding hydrogens is 344 g/mol. The van der Waals surface area contributed by atoms with E-state index in [0.29, 0.717) is 0 Å². The average Bonchev–Trinajstić information content (AvgIpc) is 3.17. The van der Waals surface area contributed by atoms with Gasteiger partial charge in [0.05, 0.1) is 0 Å². The highest BCUT2D eigenvalue weighted by Crippen LogP contribution is 2.37. The van der Waals surface area contributed by atoms with Crippen molar-refractivity contribution in [2.45, 2.75) is 25.7 Å². The standard InChI is InChI=1S/C26H20S/c1-3-7-21-17(5-1)9-13-24-22-12-11-20(15-18(22)10-14-23(21)24)26-16-19-6-2-4-8-25(19)27-26/h2,4,6,8-16H,1,3,5,7H2. The lowest BCUT2D eigenvalue weighted by molar-refractivity contribution is 0.690. The highest BCUT2D eigenvalue weighted by molar-refractivity contribution is 7.22. The lowest BCUT2D eigenvalue weighted by atomic mass is 9.86. The molecule has 1 aromatic heterocycles. The molecule has 0 spiro atoms. The van der Waals surface area contributed by atoms with E-state index >= 15 is 0 Å². The molecule has 0 aliphatic heterocycles. The number of hydrogen-bond acceptors (Lipinski definition) is 1. The van der Waals surface area contributed by atoms with Gasteiger partial charge in [-0.05, 0) is 87.5 Å². The van der Waals surface area contributed by atoms with Gasteiger partial charge in [0.25, 0.3) is 0 Å². The van der Waals surface area contributed by atoms with Crippen LogP contribution in [-0.4, -0.2) is 0 Å². The first-order valence-electron chi connectivity index (χ1n) is 9.83. The Kier molecular flexibility index (Phi) is 3.39. The zero-order valence-electron chi connectivity index (χ0n) is 15.2. The topological polar surface area (TPSA) is 0 Å². The number of rotatable bonds is 1. The van der Waals surface area contributed by atoms with Crippen LogP contribution in [-0.2, 0) is 12.8 Å². The van der Waals surface area contributed by atoms with E-state index in [-0.39, 0.29) is 0 Å². The molecule has 130 valence electrons. The largest absolute Gasteiger partial charge is 0.135 e. The van der Waals surface area contributed by atoms with E-state index in [9.17, 15) is 0 Å². The molecule has 0 N–H and O–H groups in total. The third kappa shape index (κ3) is 2.42. The van der Waals surface area contributed by atoms with Crippen LogP contribution in [0.25, 0.3) is 42.1 Å². The van der Waals surface area contributed by atoms with E-state index in [0.717, 1.165) is 0 Å². The maximum absolute atomic E-state index is 2.37. The van der Waals surface area contributed by atoms with Gasteiger partial charge in [-0.15, -0.1) is 11.3 Å². The molecule has 0 radical (unpaired) electrons. The quantitative estimate of drug-likeness (QED) is 0.267. The summed E-state index contributed by atoms with van der Waals surface area (Å²) in [7, 11) is 0. The summed E-state index contributed by atoms with van der Waals surface area (Å²) in [6, 6.07) is 27.4. The highest BCUT2D eigenvalue weighted by Gasteiger charge is 2.14. The fourth-order valence-corrected chi connectivity index (χ4v) is 5.74.